The van der Waals surface area contributed by atoms with Crippen LogP contribution >= 0.6 is 0 Å². The Labute approximate surface area is 136 Å². The van der Waals surface area contributed by atoms with E-state index < -0.39 is 0 Å². The minimum atomic E-state index is 0.160. The van der Waals surface area contributed by atoms with Crippen molar-refractivity contribution in [1.29, 1.82) is 5.26 Å². The number of hydrogen-bond donors (Lipinski definition) is 1. The largest absolute Gasteiger partial charge is 0.346 e. The lowest BCUT2D eigenvalue weighted by molar-refractivity contribution is 0.314. The van der Waals surface area contributed by atoms with Gasteiger partial charge < -0.3 is 4.98 Å². The highest BCUT2D eigenvalue weighted by Gasteiger charge is 2.27. The van der Waals surface area contributed by atoms with Gasteiger partial charge in [-0.15, -0.1) is 0 Å². The van der Waals surface area contributed by atoms with Crippen molar-refractivity contribution in [2.45, 2.75) is 38.1 Å². The molecule has 0 radical (unpaired) electrons. The molecule has 1 fully saturated rings. The fourth-order valence-corrected chi connectivity index (χ4v) is 3.48. The Morgan fingerprint density at radius 2 is 2.30 bits per heavy atom. The fourth-order valence-electron chi connectivity index (χ4n) is 3.48. The van der Waals surface area contributed by atoms with Gasteiger partial charge in [0.2, 0.25) is 0 Å². The maximum atomic E-state index is 9.16. The van der Waals surface area contributed by atoms with E-state index in [1.165, 1.54) is 25.7 Å². The van der Waals surface area contributed by atoms with E-state index in [-0.39, 0.29) is 6.04 Å². The van der Waals surface area contributed by atoms with Gasteiger partial charge in [0.05, 0.1) is 24.7 Å². The van der Waals surface area contributed by atoms with Gasteiger partial charge in [-0.2, -0.15) is 10.4 Å². The maximum absolute atomic E-state index is 9.16. The zero-order valence-electron chi connectivity index (χ0n) is 13.2. The van der Waals surface area contributed by atoms with Crippen molar-refractivity contribution in [2.24, 2.45) is 10.9 Å². The molecule has 1 atom stereocenters. The standard InChI is InChI=1S/C18H21N5/c1-13(16-8-10-21-18(16)20-2)15-11-22-23(12-15)17(7-9-19)14-5-3-4-6-14/h8,10-12,14,17,21H,1-7H2. The van der Waals surface area contributed by atoms with Crippen LogP contribution in [-0.2, 0) is 0 Å². The Morgan fingerprint density at radius 1 is 1.52 bits per heavy atom. The van der Waals surface area contributed by atoms with Gasteiger partial charge in [0, 0.05) is 23.5 Å². The fraction of sp³-hybridized carbons (Fsp3) is 0.389. The van der Waals surface area contributed by atoms with Gasteiger partial charge in [-0.1, -0.05) is 19.4 Å². The van der Waals surface area contributed by atoms with Gasteiger partial charge in [0.15, 0.2) is 0 Å². The molecule has 5 nitrogen and oxygen atoms in total. The van der Waals surface area contributed by atoms with Crippen LogP contribution in [0.3, 0.4) is 0 Å². The monoisotopic (exact) mass is 307 g/mol. The lowest BCUT2D eigenvalue weighted by Crippen LogP contribution is -2.17. The minimum Gasteiger partial charge on any atom is -0.346 e. The van der Waals surface area contributed by atoms with Crippen molar-refractivity contribution < 1.29 is 0 Å². The number of nitrogens with one attached hydrogen (secondary N) is 1. The van der Waals surface area contributed by atoms with Crippen molar-refractivity contribution in [3.8, 4) is 6.07 Å². The smallest absolute Gasteiger partial charge is 0.137 e. The third kappa shape index (κ3) is 2.98. The second kappa shape index (κ2) is 6.66. The second-order valence-corrected chi connectivity index (χ2v) is 6.06. The molecule has 0 amide bonds. The number of aromatic amines is 1. The maximum Gasteiger partial charge on any atom is 0.137 e. The molecule has 3 rings (SSSR count). The number of nitrogens with zero attached hydrogens (tertiary/aromatic N) is 4. The first-order chi connectivity index (χ1) is 11.2. The van der Waals surface area contributed by atoms with Gasteiger partial charge in [-0.3, -0.25) is 4.68 Å². The molecule has 0 spiro atoms. The predicted molar refractivity (Wildman–Crippen MR) is 91.6 cm³/mol. The van der Waals surface area contributed by atoms with Crippen molar-refractivity contribution in [3.63, 3.8) is 0 Å². The highest BCUT2D eigenvalue weighted by molar-refractivity contribution is 5.82. The summed E-state index contributed by atoms with van der Waals surface area (Å²) in [5.74, 6) is 1.26. The predicted octanol–water partition coefficient (Wildman–Crippen LogP) is 4.25. The molecule has 0 aromatic carbocycles. The highest BCUT2D eigenvalue weighted by Crippen LogP contribution is 2.36. The molecule has 1 aliphatic carbocycles. The normalized spacial score (nSPS) is 16.1. The summed E-state index contributed by atoms with van der Waals surface area (Å²) in [6, 6.07) is 4.41. The number of nitriles is 1. The van der Waals surface area contributed by atoms with Crippen molar-refractivity contribution >= 4 is 18.1 Å². The van der Waals surface area contributed by atoms with Crippen LogP contribution in [0.25, 0.3) is 5.57 Å². The Morgan fingerprint density at radius 3 is 3.00 bits per heavy atom. The highest BCUT2D eigenvalue weighted by atomic mass is 15.3. The Bertz CT molecular complexity index is 740. The van der Waals surface area contributed by atoms with Gasteiger partial charge in [-0.05, 0) is 37.1 Å². The molecule has 0 bridgehead atoms. The molecule has 0 saturated heterocycles. The average molecular weight is 307 g/mol. The summed E-state index contributed by atoms with van der Waals surface area (Å²) in [6.45, 7) is 7.74. The molecule has 2 aromatic rings. The molecular weight excluding hydrogens is 286 g/mol. The van der Waals surface area contributed by atoms with E-state index >= 15 is 0 Å². The van der Waals surface area contributed by atoms with Crippen LogP contribution < -0.4 is 0 Å². The first kappa shape index (κ1) is 15.3. The summed E-state index contributed by atoms with van der Waals surface area (Å²) in [7, 11) is 0. The van der Waals surface area contributed by atoms with Crippen LogP contribution in [0, 0.1) is 17.2 Å². The molecule has 23 heavy (non-hydrogen) atoms. The van der Waals surface area contributed by atoms with E-state index in [4.69, 9.17) is 5.26 Å². The second-order valence-electron chi connectivity index (χ2n) is 6.06. The Kier molecular flexibility index (Phi) is 4.42. The van der Waals surface area contributed by atoms with Crippen LogP contribution in [0.15, 0.2) is 36.2 Å². The molecule has 1 aliphatic rings. The molecule has 1 unspecified atom stereocenters. The summed E-state index contributed by atoms with van der Waals surface area (Å²) in [6.07, 6.45) is 11.0. The number of aliphatic imine (C=N–C) groups is 1. The van der Waals surface area contributed by atoms with Crippen LogP contribution in [0.2, 0.25) is 0 Å². The van der Waals surface area contributed by atoms with Crippen LogP contribution in [0.5, 0.6) is 0 Å². The van der Waals surface area contributed by atoms with E-state index in [0.29, 0.717) is 18.2 Å². The summed E-state index contributed by atoms with van der Waals surface area (Å²) in [5, 5.41) is 13.7. The summed E-state index contributed by atoms with van der Waals surface area (Å²) >= 11 is 0. The topological polar surface area (TPSA) is 69.8 Å². The lowest BCUT2D eigenvalue weighted by Gasteiger charge is -2.21. The summed E-state index contributed by atoms with van der Waals surface area (Å²) in [4.78, 5) is 7.02. The van der Waals surface area contributed by atoms with Crippen molar-refractivity contribution in [3.05, 3.63) is 42.4 Å². The van der Waals surface area contributed by atoms with Gasteiger partial charge in [0.1, 0.15) is 5.82 Å². The molecule has 118 valence electrons. The average Bonchev–Trinajstić information content (AvgIpc) is 3.33. The first-order valence-corrected chi connectivity index (χ1v) is 7.99. The van der Waals surface area contributed by atoms with E-state index in [9.17, 15) is 0 Å². The SMILES string of the molecule is C=Nc1[nH]ccc1C(=C)c1cnn(C(CC#N)C2CCCC2)c1. The van der Waals surface area contributed by atoms with E-state index in [1.807, 2.05) is 29.3 Å². The molecular formula is C18H21N5. The number of hydrogen-bond acceptors (Lipinski definition) is 3. The number of H-pyrrole nitrogens is 1. The Hall–Kier alpha value is -2.61. The van der Waals surface area contributed by atoms with Gasteiger partial charge >= 0.3 is 0 Å². The zero-order chi connectivity index (χ0) is 16.2. The molecule has 1 saturated carbocycles. The van der Waals surface area contributed by atoms with Gasteiger partial charge in [0.25, 0.3) is 0 Å². The van der Waals surface area contributed by atoms with Crippen molar-refractivity contribution in [2.75, 3.05) is 0 Å². The molecule has 2 aromatic heterocycles. The van der Waals surface area contributed by atoms with E-state index in [2.05, 4.69) is 34.4 Å². The van der Waals surface area contributed by atoms with Crippen LogP contribution in [0.4, 0.5) is 5.82 Å². The quantitative estimate of drug-likeness (QED) is 0.810. The first-order valence-electron chi connectivity index (χ1n) is 7.99. The molecule has 5 heteroatoms. The molecule has 1 N–H and O–H groups in total. The zero-order valence-corrected chi connectivity index (χ0v) is 13.2. The minimum absolute atomic E-state index is 0.160. The Balaban J connectivity index is 1.85. The van der Waals surface area contributed by atoms with E-state index in [1.54, 1.807) is 0 Å². The molecule has 0 aliphatic heterocycles. The van der Waals surface area contributed by atoms with Gasteiger partial charge in [-0.25, -0.2) is 4.99 Å². The van der Waals surface area contributed by atoms with Crippen LogP contribution in [-0.4, -0.2) is 21.5 Å². The lowest BCUT2D eigenvalue weighted by atomic mass is 9.96. The van der Waals surface area contributed by atoms with Crippen LogP contribution in [0.1, 0.15) is 49.3 Å². The summed E-state index contributed by atoms with van der Waals surface area (Å²) in [5.41, 5.74) is 2.75. The summed E-state index contributed by atoms with van der Waals surface area (Å²) < 4.78 is 1.95. The van der Waals surface area contributed by atoms with E-state index in [0.717, 1.165) is 16.7 Å². The number of rotatable bonds is 6. The van der Waals surface area contributed by atoms with Crippen molar-refractivity contribution in [1.82, 2.24) is 14.8 Å². The molecule has 2 heterocycles. The third-order valence-corrected chi connectivity index (χ3v) is 4.74. The third-order valence-electron chi connectivity index (χ3n) is 4.74. The number of aromatic nitrogens is 3.